The van der Waals surface area contributed by atoms with Crippen LogP contribution in [-0.2, 0) is 4.79 Å². The maximum Gasteiger partial charge on any atom is 0.277 e. The quantitative estimate of drug-likeness (QED) is 0.628. The van der Waals surface area contributed by atoms with Gasteiger partial charge in [0.15, 0.2) is 18.2 Å². The van der Waals surface area contributed by atoms with Gasteiger partial charge in [0.2, 0.25) is 0 Å². The highest BCUT2D eigenvalue weighted by Crippen LogP contribution is 2.14. The molecule has 0 fully saturated rings. The average Bonchev–Trinajstić information content (AvgIpc) is 2.54. The van der Waals surface area contributed by atoms with Gasteiger partial charge in [-0.15, -0.1) is 0 Å². The average molecular weight is 315 g/mol. The van der Waals surface area contributed by atoms with E-state index < -0.39 is 24.3 Å². The predicted molar refractivity (Wildman–Crippen MR) is 78.4 cm³/mol. The van der Waals surface area contributed by atoms with E-state index >= 15 is 0 Å². The number of rotatable bonds is 6. The van der Waals surface area contributed by atoms with Crippen molar-refractivity contribution < 1.29 is 23.8 Å². The third-order valence-electron chi connectivity index (χ3n) is 2.77. The zero-order valence-electron chi connectivity index (χ0n) is 11.9. The predicted octanol–water partition coefficient (Wildman–Crippen LogP) is 0.718. The monoisotopic (exact) mass is 315 g/mol. The summed E-state index contributed by atoms with van der Waals surface area (Å²) in [4.78, 5) is 22.4. The van der Waals surface area contributed by atoms with Crippen molar-refractivity contribution in [2.24, 2.45) is 5.10 Å². The molecule has 0 atom stereocenters. The molecular weight excluding hydrogens is 303 g/mol. The SMILES string of the molecule is O=C(COc1ccccc1F)N/N=C\c1ccccc1C(=O)[O-]. The van der Waals surface area contributed by atoms with Crippen molar-refractivity contribution in [2.75, 3.05) is 6.61 Å². The highest BCUT2D eigenvalue weighted by molar-refractivity contribution is 5.97. The lowest BCUT2D eigenvalue weighted by Gasteiger charge is -2.06. The summed E-state index contributed by atoms with van der Waals surface area (Å²) < 4.78 is 18.3. The van der Waals surface area contributed by atoms with E-state index in [0.717, 1.165) is 0 Å². The Morgan fingerprint density at radius 3 is 2.61 bits per heavy atom. The molecule has 2 aromatic rings. The Bertz CT molecular complexity index is 746. The van der Waals surface area contributed by atoms with Crippen LogP contribution in [-0.4, -0.2) is 24.7 Å². The van der Waals surface area contributed by atoms with Gasteiger partial charge in [-0.3, -0.25) is 4.79 Å². The highest BCUT2D eigenvalue weighted by Gasteiger charge is 2.05. The Hall–Kier alpha value is -3.22. The fourth-order valence-corrected chi connectivity index (χ4v) is 1.71. The van der Waals surface area contributed by atoms with E-state index in [0.29, 0.717) is 0 Å². The largest absolute Gasteiger partial charge is 0.545 e. The first-order valence-electron chi connectivity index (χ1n) is 6.57. The first-order valence-corrected chi connectivity index (χ1v) is 6.57. The van der Waals surface area contributed by atoms with Crippen LogP contribution < -0.4 is 15.3 Å². The summed E-state index contributed by atoms with van der Waals surface area (Å²) in [7, 11) is 0. The van der Waals surface area contributed by atoms with Gasteiger partial charge in [0, 0.05) is 11.1 Å². The second kappa shape index (κ2) is 7.69. The number of hydrogen-bond acceptors (Lipinski definition) is 5. The van der Waals surface area contributed by atoms with E-state index in [9.17, 15) is 19.1 Å². The smallest absolute Gasteiger partial charge is 0.277 e. The summed E-state index contributed by atoms with van der Waals surface area (Å²) in [6.45, 7) is -0.430. The third kappa shape index (κ3) is 4.63. The lowest BCUT2D eigenvalue weighted by Crippen LogP contribution is -2.26. The Morgan fingerprint density at radius 1 is 1.17 bits per heavy atom. The van der Waals surface area contributed by atoms with Gasteiger partial charge in [-0.2, -0.15) is 5.10 Å². The van der Waals surface area contributed by atoms with Crippen LogP contribution in [0, 0.1) is 5.82 Å². The summed E-state index contributed by atoms with van der Waals surface area (Å²) >= 11 is 0. The van der Waals surface area contributed by atoms with Gasteiger partial charge in [0.25, 0.3) is 5.91 Å². The van der Waals surface area contributed by atoms with Crippen molar-refractivity contribution in [3.8, 4) is 5.75 Å². The second-order valence-electron chi connectivity index (χ2n) is 4.39. The summed E-state index contributed by atoms with van der Waals surface area (Å²) in [6.07, 6.45) is 1.17. The lowest BCUT2D eigenvalue weighted by atomic mass is 10.1. The topological polar surface area (TPSA) is 90.8 Å². The van der Waals surface area contributed by atoms with E-state index in [-0.39, 0.29) is 16.9 Å². The van der Waals surface area contributed by atoms with Gasteiger partial charge < -0.3 is 14.6 Å². The van der Waals surface area contributed by atoms with Gasteiger partial charge in [-0.25, -0.2) is 9.82 Å². The second-order valence-corrected chi connectivity index (χ2v) is 4.39. The van der Waals surface area contributed by atoms with Gasteiger partial charge >= 0.3 is 0 Å². The van der Waals surface area contributed by atoms with Crippen LogP contribution >= 0.6 is 0 Å². The van der Waals surface area contributed by atoms with E-state index in [2.05, 4.69) is 10.5 Å². The Labute approximate surface area is 131 Å². The van der Waals surface area contributed by atoms with Gasteiger partial charge in [-0.05, 0) is 12.1 Å². The molecule has 0 saturated heterocycles. The molecule has 1 N–H and O–H groups in total. The molecule has 118 valence electrons. The highest BCUT2D eigenvalue weighted by atomic mass is 19.1. The standard InChI is InChI=1S/C16H13FN2O4/c17-13-7-3-4-8-14(13)23-10-15(20)19-18-9-11-5-1-2-6-12(11)16(21)22/h1-9H,10H2,(H,19,20)(H,21,22)/p-1/b18-9-. The van der Waals surface area contributed by atoms with Crippen LogP contribution in [0.25, 0.3) is 0 Å². The van der Waals surface area contributed by atoms with Gasteiger partial charge in [0.1, 0.15) is 0 Å². The number of halogens is 1. The maximum atomic E-state index is 13.3. The number of carboxylic acids is 1. The lowest BCUT2D eigenvalue weighted by molar-refractivity contribution is -0.255. The number of benzene rings is 2. The van der Waals surface area contributed by atoms with Crippen molar-refractivity contribution in [1.29, 1.82) is 0 Å². The number of amides is 1. The van der Waals surface area contributed by atoms with Crippen LogP contribution in [0.3, 0.4) is 0 Å². The molecule has 0 bridgehead atoms. The first kappa shape index (κ1) is 16.2. The normalized spacial score (nSPS) is 10.5. The summed E-state index contributed by atoms with van der Waals surface area (Å²) in [6, 6.07) is 11.7. The number of hydrogen-bond donors (Lipinski definition) is 1. The van der Waals surface area contributed by atoms with Crippen molar-refractivity contribution >= 4 is 18.1 Å². The zero-order valence-corrected chi connectivity index (χ0v) is 11.9. The van der Waals surface area contributed by atoms with Crippen molar-refractivity contribution in [3.05, 3.63) is 65.5 Å². The van der Waals surface area contributed by atoms with Crippen LogP contribution in [0.1, 0.15) is 15.9 Å². The van der Waals surface area contributed by atoms with Crippen LogP contribution in [0.5, 0.6) is 5.75 Å². The van der Waals surface area contributed by atoms with E-state index in [1.54, 1.807) is 18.2 Å². The maximum absolute atomic E-state index is 13.3. The molecule has 0 aliphatic carbocycles. The molecular formula is C16H12FN2O4-. The van der Waals surface area contributed by atoms with Crippen LogP contribution in [0.4, 0.5) is 4.39 Å². The molecule has 0 aromatic heterocycles. The number of carboxylic acid groups (broad SMARTS) is 1. The molecule has 7 heteroatoms. The molecule has 0 heterocycles. The molecule has 0 radical (unpaired) electrons. The minimum Gasteiger partial charge on any atom is -0.545 e. The van der Waals surface area contributed by atoms with Crippen molar-refractivity contribution in [2.45, 2.75) is 0 Å². The summed E-state index contributed by atoms with van der Waals surface area (Å²) in [5.74, 6) is -2.59. The summed E-state index contributed by atoms with van der Waals surface area (Å²) in [5, 5.41) is 14.5. The Balaban J connectivity index is 1.90. The third-order valence-corrected chi connectivity index (χ3v) is 2.77. The number of para-hydroxylation sites is 1. The molecule has 0 aliphatic heterocycles. The molecule has 23 heavy (non-hydrogen) atoms. The van der Waals surface area contributed by atoms with Crippen molar-refractivity contribution in [3.63, 3.8) is 0 Å². The number of aromatic carboxylic acids is 1. The number of carbonyl (C=O) groups is 2. The Kier molecular flexibility index (Phi) is 5.40. The van der Waals surface area contributed by atoms with Gasteiger partial charge in [-0.1, -0.05) is 36.4 Å². The molecule has 0 unspecified atom stereocenters. The molecule has 0 aliphatic rings. The number of nitrogens with zero attached hydrogens (tertiary/aromatic N) is 1. The zero-order chi connectivity index (χ0) is 16.7. The Morgan fingerprint density at radius 2 is 1.87 bits per heavy atom. The molecule has 2 aromatic carbocycles. The molecule has 0 saturated carbocycles. The van der Waals surface area contributed by atoms with Crippen LogP contribution in [0.15, 0.2) is 53.6 Å². The number of ether oxygens (including phenoxy) is 1. The summed E-state index contributed by atoms with van der Waals surface area (Å²) in [5.41, 5.74) is 2.39. The van der Waals surface area contributed by atoms with Gasteiger partial charge in [0.05, 0.1) is 12.2 Å². The fourth-order valence-electron chi connectivity index (χ4n) is 1.71. The van der Waals surface area contributed by atoms with E-state index in [1.807, 2.05) is 0 Å². The molecule has 0 spiro atoms. The van der Waals surface area contributed by atoms with Crippen LogP contribution in [0.2, 0.25) is 0 Å². The van der Waals surface area contributed by atoms with E-state index in [1.165, 1.54) is 36.5 Å². The molecule has 1 amide bonds. The molecule has 2 rings (SSSR count). The minimum absolute atomic E-state index is 0.0473. The van der Waals surface area contributed by atoms with Crippen molar-refractivity contribution in [1.82, 2.24) is 5.43 Å². The fraction of sp³-hybridized carbons (Fsp3) is 0.0625. The number of hydrazone groups is 1. The number of nitrogens with one attached hydrogen (secondary N) is 1. The number of carbonyl (C=O) groups excluding carboxylic acids is 2. The first-order chi connectivity index (χ1) is 11.1. The molecule has 6 nitrogen and oxygen atoms in total. The minimum atomic E-state index is -1.35. The van der Waals surface area contributed by atoms with E-state index in [4.69, 9.17) is 4.74 Å².